The van der Waals surface area contributed by atoms with Crippen molar-refractivity contribution in [1.82, 2.24) is 20.9 Å². The van der Waals surface area contributed by atoms with Crippen LogP contribution in [0.15, 0.2) is 50.6 Å². The number of carbonyl (C=O) groups excluding carboxylic acids is 6. The first kappa shape index (κ1) is 61.0. The molecule has 3 amide bonds. The fraction of sp³-hybridized carbons (Fsp3) is 0.674. The number of rotatable bonds is 11. The fourth-order valence-corrected chi connectivity index (χ4v) is 5.77. The van der Waals surface area contributed by atoms with Crippen LogP contribution in [-0.2, 0) is 38.2 Å². The van der Waals surface area contributed by atoms with Gasteiger partial charge >= 0.3 is 30.3 Å². The number of hydrogen-bond acceptors (Lipinski definition) is 12. The van der Waals surface area contributed by atoms with E-state index in [1.54, 1.807) is 94.4 Å². The summed E-state index contributed by atoms with van der Waals surface area (Å²) in [4.78, 5) is 78.5. The van der Waals surface area contributed by atoms with Gasteiger partial charge in [-0.2, -0.15) is 14.9 Å². The molecule has 4 N–H and O–H groups in total. The van der Waals surface area contributed by atoms with E-state index in [1.807, 2.05) is 6.08 Å². The third-order valence-corrected chi connectivity index (χ3v) is 8.82. The number of nitriles is 1. The lowest BCUT2D eigenvalue weighted by atomic mass is 9.86. The molecule has 2 fully saturated rings. The number of ether oxygens (including phenoxy) is 3. The smallest absolute Gasteiger partial charge is 0.408 e. The maximum Gasteiger partial charge on any atom is 0.408 e. The Labute approximate surface area is 370 Å². The molecule has 352 valence electrons. The molecule has 2 saturated heterocycles. The minimum Gasteiger partial charge on any atom is -0.480 e. The highest BCUT2D eigenvalue weighted by atomic mass is 16.6. The van der Waals surface area contributed by atoms with E-state index in [0.717, 1.165) is 0 Å². The summed E-state index contributed by atoms with van der Waals surface area (Å²) in [6.07, 6.45) is 9.14. The molecule has 0 spiro atoms. The highest BCUT2D eigenvalue weighted by Gasteiger charge is 2.45. The standard InChI is InChI=1S/C22H36N2O5.C11H19NO4.C10H19N.C2H3N.CO2/c1-10-14(3)17(23-20(27)29-22(7,8)9)18(25)24-15(11-2)12-13-16(24)19(26)28-21(4,5)6;1-6-7(2)8(9(13)14)12-10(15)16-11(3,4)5;1-5-8-6-7-9(11-8)10(2,3)4;1-2-3;2-1-3/h10-11,14-17H,1-2,12-13H2,3-9H3,(H,23,27);6-8H,1H2,2-5H3,(H,12,15)(H,13,14);5,8-9,11H,1,6-7H2,2-4H3;1H3;/t14-,15-,16-,17?;7-,8?;8-,9-;;/m000../s1. The van der Waals surface area contributed by atoms with E-state index in [4.69, 9.17) is 34.2 Å². The van der Waals surface area contributed by atoms with Gasteiger partial charge in [-0.05, 0) is 93.4 Å². The monoisotopic (exact) mass is 876 g/mol. The number of carboxylic acids is 1. The first-order chi connectivity index (χ1) is 28.2. The fourth-order valence-electron chi connectivity index (χ4n) is 5.77. The molecule has 2 aliphatic rings. The normalized spacial score (nSPS) is 19.9. The summed E-state index contributed by atoms with van der Waals surface area (Å²) in [6, 6.07) is -0.0189. The lowest BCUT2D eigenvalue weighted by Crippen LogP contribution is -2.56. The molecule has 62 heavy (non-hydrogen) atoms. The minimum absolute atomic E-state index is 0.250. The van der Waals surface area contributed by atoms with Crippen molar-refractivity contribution in [3.8, 4) is 6.07 Å². The number of alkyl carbamates (subject to hydrolysis) is 2. The second kappa shape index (κ2) is 28.4. The number of hydrogen-bond donors (Lipinski definition) is 4. The maximum atomic E-state index is 13.4. The molecule has 2 aliphatic heterocycles. The van der Waals surface area contributed by atoms with E-state index in [0.29, 0.717) is 30.3 Å². The average molecular weight is 876 g/mol. The van der Waals surface area contributed by atoms with E-state index in [2.05, 4.69) is 63.0 Å². The molecule has 0 radical (unpaired) electrons. The highest BCUT2D eigenvalue weighted by molar-refractivity contribution is 5.91. The van der Waals surface area contributed by atoms with Gasteiger partial charge in [0.2, 0.25) is 5.91 Å². The largest absolute Gasteiger partial charge is 0.480 e. The van der Waals surface area contributed by atoms with Crippen molar-refractivity contribution in [3.63, 3.8) is 0 Å². The topological polar surface area (TPSA) is 231 Å². The third kappa shape index (κ3) is 26.2. The van der Waals surface area contributed by atoms with Gasteiger partial charge in [0.25, 0.3) is 0 Å². The molecule has 0 aliphatic carbocycles. The summed E-state index contributed by atoms with van der Waals surface area (Å²) >= 11 is 0. The molecular weight excluding hydrogens is 799 g/mol. The highest BCUT2D eigenvalue weighted by Crippen LogP contribution is 2.30. The first-order valence-corrected chi connectivity index (χ1v) is 20.6. The van der Waals surface area contributed by atoms with E-state index < -0.39 is 59.1 Å². The van der Waals surface area contributed by atoms with E-state index >= 15 is 0 Å². The lowest BCUT2D eigenvalue weighted by Gasteiger charge is -2.34. The zero-order chi connectivity index (χ0) is 49.4. The second-order valence-corrected chi connectivity index (χ2v) is 18.8. The van der Waals surface area contributed by atoms with Crippen molar-refractivity contribution in [3.05, 3.63) is 50.6 Å². The Morgan fingerprint density at radius 2 is 1.13 bits per heavy atom. The number of nitrogens with one attached hydrogen (secondary N) is 3. The first-order valence-electron chi connectivity index (χ1n) is 20.6. The van der Waals surface area contributed by atoms with E-state index in [1.165, 1.54) is 30.7 Å². The summed E-state index contributed by atoms with van der Waals surface area (Å²) in [5, 5.41) is 24.7. The van der Waals surface area contributed by atoms with Gasteiger partial charge < -0.3 is 40.2 Å². The van der Waals surface area contributed by atoms with Crippen LogP contribution in [0.1, 0.15) is 130 Å². The van der Waals surface area contributed by atoms with Crippen LogP contribution < -0.4 is 16.0 Å². The van der Waals surface area contributed by atoms with E-state index in [9.17, 15) is 24.0 Å². The molecule has 16 nitrogen and oxygen atoms in total. The average Bonchev–Trinajstić information content (AvgIpc) is 3.79. The van der Waals surface area contributed by atoms with Crippen LogP contribution in [0, 0.1) is 28.6 Å². The van der Waals surface area contributed by atoms with Gasteiger partial charge in [-0.1, -0.05) is 58.9 Å². The second-order valence-electron chi connectivity index (χ2n) is 18.8. The van der Waals surface area contributed by atoms with Gasteiger partial charge in [-0.15, -0.1) is 26.3 Å². The summed E-state index contributed by atoms with van der Waals surface area (Å²) in [7, 11) is 0. The molecule has 16 heteroatoms. The van der Waals surface area contributed by atoms with Crippen LogP contribution in [-0.4, -0.2) is 99.2 Å². The summed E-state index contributed by atoms with van der Waals surface area (Å²) in [5.41, 5.74) is -1.62. The quantitative estimate of drug-likeness (QED) is 0.0889. The van der Waals surface area contributed by atoms with Crippen molar-refractivity contribution in [2.24, 2.45) is 17.3 Å². The van der Waals surface area contributed by atoms with Crippen molar-refractivity contribution >= 4 is 36.2 Å². The predicted octanol–water partition coefficient (Wildman–Crippen LogP) is 7.66. The predicted molar refractivity (Wildman–Crippen MR) is 238 cm³/mol. The van der Waals surface area contributed by atoms with Crippen LogP contribution in [0.2, 0.25) is 0 Å². The molecule has 0 aromatic heterocycles. The Bertz CT molecular complexity index is 1550. The van der Waals surface area contributed by atoms with Crippen LogP contribution in [0.5, 0.6) is 0 Å². The molecule has 2 unspecified atom stereocenters. The molecule has 2 heterocycles. The molecule has 0 bridgehead atoms. The Kier molecular flexibility index (Phi) is 27.9. The molecule has 8 atom stereocenters. The molecule has 0 saturated carbocycles. The zero-order valence-electron chi connectivity index (χ0n) is 40.0. The van der Waals surface area contributed by atoms with Crippen molar-refractivity contribution < 1.29 is 52.9 Å². The van der Waals surface area contributed by atoms with Gasteiger partial charge in [-0.3, -0.25) is 4.79 Å². The Morgan fingerprint density at radius 1 is 0.726 bits per heavy atom. The third-order valence-electron chi connectivity index (χ3n) is 8.82. The zero-order valence-corrected chi connectivity index (χ0v) is 40.0. The minimum atomic E-state index is -1.11. The van der Waals surface area contributed by atoms with Crippen molar-refractivity contribution in [1.29, 1.82) is 5.26 Å². The van der Waals surface area contributed by atoms with Crippen molar-refractivity contribution in [2.45, 2.75) is 183 Å². The lowest BCUT2D eigenvalue weighted by molar-refractivity contribution is -0.191. The molecule has 2 rings (SSSR count). The summed E-state index contributed by atoms with van der Waals surface area (Å²) in [6.45, 7) is 42.2. The van der Waals surface area contributed by atoms with Gasteiger partial charge in [-0.25, -0.2) is 19.2 Å². The van der Waals surface area contributed by atoms with Crippen LogP contribution in [0.4, 0.5) is 9.59 Å². The number of nitrogens with zero attached hydrogens (tertiary/aromatic N) is 2. The van der Waals surface area contributed by atoms with E-state index in [-0.39, 0.29) is 29.9 Å². The Morgan fingerprint density at radius 3 is 1.44 bits per heavy atom. The van der Waals surface area contributed by atoms with Gasteiger partial charge in [0, 0.05) is 30.8 Å². The van der Waals surface area contributed by atoms with Crippen LogP contribution in [0.3, 0.4) is 0 Å². The van der Waals surface area contributed by atoms with Gasteiger partial charge in [0.05, 0.1) is 12.1 Å². The number of esters is 1. The Balaban J connectivity index is -0.000000878. The number of likely N-dealkylation sites (tertiary alicyclic amines) is 1. The number of carboxylic acid groups (broad SMARTS) is 1. The number of amides is 3. The summed E-state index contributed by atoms with van der Waals surface area (Å²) < 4.78 is 15.8. The SMILES string of the molecule is C=C[C@H](C)C(NC(=O)OC(C)(C)C)C(=O)N1[C@@H](C=C)CC[C@H]1C(=O)OC(C)(C)C.C=C[C@H](C)C(NC(=O)OC(C)(C)C)C(=O)O.C=C[C@H]1CC[C@@H](C(C)(C)C)N1.CC#N.O=C=O. The van der Waals surface area contributed by atoms with Crippen LogP contribution in [0.25, 0.3) is 0 Å². The van der Waals surface area contributed by atoms with Crippen LogP contribution >= 0.6 is 0 Å². The maximum absolute atomic E-state index is 13.4. The molecular formula is C46H77N5O11. The number of aliphatic carboxylic acids is 1. The molecule has 0 aromatic rings. The Hall–Kier alpha value is -5.26. The van der Waals surface area contributed by atoms with Gasteiger partial charge in [0.1, 0.15) is 34.9 Å². The number of carbonyl (C=O) groups is 5. The van der Waals surface area contributed by atoms with Gasteiger partial charge in [0.15, 0.2) is 0 Å². The molecule has 0 aromatic carbocycles. The summed E-state index contributed by atoms with van der Waals surface area (Å²) in [5.74, 6) is -2.71. The van der Waals surface area contributed by atoms with Crippen molar-refractivity contribution in [2.75, 3.05) is 0 Å².